The van der Waals surface area contributed by atoms with Crippen molar-refractivity contribution in [3.8, 4) is 11.5 Å². The average Bonchev–Trinajstić information content (AvgIpc) is 2.79. The molecule has 0 atom stereocenters. The Morgan fingerprint density at radius 1 is 1.37 bits per heavy atom. The summed E-state index contributed by atoms with van der Waals surface area (Å²) in [6, 6.07) is 5.39. The lowest BCUT2D eigenvalue weighted by atomic mass is 10.2. The number of methoxy groups -OCH3 is 1. The van der Waals surface area contributed by atoms with E-state index in [1.165, 1.54) is 12.0 Å². The van der Waals surface area contributed by atoms with Crippen LogP contribution in [-0.4, -0.2) is 12.2 Å². The zero-order valence-corrected chi connectivity index (χ0v) is 13.4. The quantitative estimate of drug-likeness (QED) is 0.839. The lowest BCUT2D eigenvalue weighted by Crippen LogP contribution is -2.12. The first-order valence-electron chi connectivity index (χ1n) is 5.59. The van der Waals surface area contributed by atoms with Crippen molar-refractivity contribution in [3.63, 3.8) is 0 Å². The summed E-state index contributed by atoms with van der Waals surface area (Å²) in [5.41, 5.74) is 0.722. The Hall–Kier alpha value is -0.750. The number of phenolic OH excluding ortho intramolecular Hbond substituents is 1. The van der Waals surface area contributed by atoms with Crippen LogP contribution in [0.2, 0.25) is 5.02 Å². The maximum atomic E-state index is 9.99. The lowest BCUT2D eigenvalue weighted by molar-refractivity contribution is 0.369. The summed E-state index contributed by atoms with van der Waals surface area (Å²) in [4.78, 5) is 1.22. The second kappa shape index (κ2) is 6.61. The Balaban J connectivity index is 2.01. The molecule has 0 aliphatic heterocycles. The van der Waals surface area contributed by atoms with E-state index in [9.17, 15) is 5.11 Å². The SMILES string of the molecule is COc1cc(Cl)cc(CNCc2cc(Br)cs2)c1O. The van der Waals surface area contributed by atoms with Crippen LogP contribution < -0.4 is 10.1 Å². The largest absolute Gasteiger partial charge is 0.504 e. The third-order valence-corrected chi connectivity index (χ3v) is 4.49. The van der Waals surface area contributed by atoms with Gasteiger partial charge < -0.3 is 15.2 Å². The topological polar surface area (TPSA) is 41.5 Å². The van der Waals surface area contributed by atoms with Gasteiger partial charge in [-0.15, -0.1) is 11.3 Å². The van der Waals surface area contributed by atoms with E-state index in [4.69, 9.17) is 16.3 Å². The van der Waals surface area contributed by atoms with Gasteiger partial charge in [-0.05, 0) is 28.1 Å². The molecule has 0 fully saturated rings. The summed E-state index contributed by atoms with van der Waals surface area (Å²) in [6.07, 6.45) is 0. The van der Waals surface area contributed by atoms with Crippen LogP contribution in [-0.2, 0) is 13.1 Å². The van der Waals surface area contributed by atoms with Crippen molar-refractivity contribution in [1.29, 1.82) is 0 Å². The molecule has 2 aromatic rings. The Labute approximate surface area is 129 Å². The fraction of sp³-hybridized carbons (Fsp3) is 0.231. The molecule has 3 nitrogen and oxygen atoms in total. The summed E-state index contributed by atoms with van der Waals surface area (Å²) < 4.78 is 6.15. The number of phenols is 1. The minimum Gasteiger partial charge on any atom is -0.504 e. The molecule has 0 bridgehead atoms. The molecule has 102 valence electrons. The van der Waals surface area contributed by atoms with Gasteiger partial charge in [-0.25, -0.2) is 0 Å². The second-order valence-corrected chi connectivity index (χ2v) is 6.30. The Morgan fingerprint density at radius 3 is 2.79 bits per heavy atom. The third kappa shape index (κ3) is 3.86. The number of rotatable bonds is 5. The first kappa shape index (κ1) is 14.7. The zero-order valence-electron chi connectivity index (χ0n) is 10.2. The smallest absolute Gasteiger partial charge is 0.162 e. The van der Waals surface area contributed by atoms with Gasteiger partial charge in [0.1, 0.15) is 0 Å². The van der Waals surface area contributed by atoms with Crippen LogP contribution >= 0.6 is 38.9 Å². The molecule has 2 N–H and O–H groups in total. The number of aromatic hydroxyl groups is 1. The number of thiophene rings is 1. The number of halogens is 2. The molecule has 2 rings (SSSR count). The number of ether oxygens (including phenoxy) is 1. The van der Waals surface area contributed by atoms with Crippen LogP contribution in [0.25, 0.3) is 0 Å². The van der Waals surface area contributed by atoms with E-state index in [0.717, 1.165) is 16.6 Å². The fourth-order valence-corrected chi connectivity index (χ4v) is 3.34. The third-order valence-electron chi connectivity index (χ3n) is 2.58. The van der Waals surface area contributed by atoms with Crippen molar-refractivity contribution < 1.29 is 9.84 Å². The predicted molar refractivity (Wildman–Crippen MR) is 82.2 cm³/mol. The highest BCUT2D eigenvalue weighted by atomic mass is 79.9. The Morgan fingerprint density at radius 2 is 2.16 bits per heavy atom. The van der Waals surface area contributed by atoms with E-state index in [2.05, 4.69) is 27.3 Å². The predicted octanol–water partition coefficient (Wildman–Crippen LogP) is 4.17. The van der Waals surface area contributed by atoms with Crippen molar-refractivity contribution in [2.45, 2.75) is 13.1 Å². The van der Waals surface area contributed by atoms with Crippen LogP contribution in [0.4, 0.5) is 0 Å². The average molecular weight is 363 g/mol. The van der Waals surface area contributed by atoms with E-state index in [-0.39, 0.29) is 5.75 Å². The lowest BCUT2D eigenvalue weighted by Gasteiger charge is -2.10. The molecule has 0 spiro atoms. The highest BCUT2D eigenvalue weighted by Gasteiger charge is 2.09. The van der Waals surface area contributed by atoms with Crippen LogP contribution in [0.15, 0.2) is 28.1 Å². The molecule has 0 aliphatic rings. The molecular weight excluding hydrogens is 350 g/mol. The van der Waals surface area contributed by atoms with Gasteiger partial charge in [0.15, 0.2) is 11.5 Å². The van der Waals surface area contributed by atoms with Crippen molar-refractivity contribution in [2.75, 3.05) is 7.11 Å². The fourth-order valence-electron chi connectivity index (χ4n) is 1.69. The van der Waals surface area contributed by atoms with Gasteiger partial charge in [0.25, 0.3) is 0 Å². The highest BCUT2D eigenvalue weighted by molar-refractivity contribution is 9.10. The number of nitrogens with one attached hydrogen (secondary N) is 1. The van der Waals surface area contributed by atoms with Gasteiger partial charge in [0.05, 0.1) is 7.11 Å². The normalized spacial score (nSPS) is 10.7. The van der Waals surface area contributed by atoms with E-state index < -0.39 is 0 Å². The van der Waals surface area contributed by atoms with Gasteiger partial charge in [-0.3, -0.25) is 0 Å². The summed E-state index contributed by atoms with van der Waals surface area (Å²) in [6.45, 7) is 1.27. The molecule has 0 amide bonds. The van der Waals surface area contributed by atoms with Crippen LogP contribution in [0.3, 0.4) is 0 Å². The van der Waals surface area contributed by atoms with Gasteiger partial charge >= 0.3 is 0 Å². The molecule has 1 aromatic heterocycles. The summed E-state index contributed by atoms with van der Waals surface area (Å²) in [5, 5.41) is 15.8. The monoisotopic (exact) mass is 361 g/mol. The molecule has 0 aliphatic carbocycles. The maximum absolute atomic E-state index is 9.99. The molecule has 1 aromatic carbocycles. The minimum absolute atomic E-state index is 0.131. The van der Waals surface area contributed by atoms with E-state index in [1.54, 1.807) is 23.5 Å². The van der Waals surface area contributed by atoms with Crippen molar-refractivity contribution in [3.05, 3.63) is 43.5 Å². The van der Waals surface area contributed by atoms with Crippen molar-refractivity contribution in [2.24, 2.45) is 0 Å². The number of hydrogen-bond donors (Lipinski definition) is 2. The maximum Gasteiger partial charge on any atom is 0.162 e. The molecule has 0 saturated carbocycles. The van der Waals surface area contributed by atoms with Crippen LogP contribution in [0, 0.1) is 0 Å². The molecule has 6 heteroatoms. The highest BCUT2D eigenvalue weighted by Crippen LogP contribution is 2.33. The molecule has 0 unspecified atom stereocenters. The van der Waals surface area contributed by atoms with Crippen LogP contribution in [0.1, 0.15) is 10.4 Å². The second-order valence-electron chi connectivity index (χ2n) is 3.95. The van der Waals surface area contributed by atoms with E-state index in [1.807, 2.05) is 5.38 Å². The summed E-state index contributed by atoms with van der Waals surface area (Å²) >= 11 is 11.1. The van der Waals surface area contributed by atoms with E-state index >= 15 is 0 Å². The minimum atomic E-state index is 0.131. The molecular formula is C13H13BrClNO2S. The van der Waals surface area contributed by atoms with Gasteiger partial charge in [-0.1, -0.05) is 11.6 Å². The number of benzene rings is 1. The van der Waals surface area contributed by atoms with E-state index in [0.29, 0.717) is 17.3 Å². The van der Waals surface area contributed by atoms with Crippen molar-refractivity contribution in [1.82, 2.24) is 5.32 Å². The Kier molecular flexibility index (Phi) is 5.10. The van der Waals surface area contributed by atoms with Gasteiger partial charge in [0.2, 0.25) is 0 Å². The molecule has 1 heterocycles. The van der Waals surface area contributed by atoms with Gasteiger partial charge in [0, 0.05) is 44.5 Å². The molecule has 0 radical (unpaired) electrons. The Bertz CT molecular complexity index is 574. The summed E-state index contributed by atoms with van der Waals surface area (Å²) in [7, 11) is 1.51. The van der Waals surface area contributed by atoms with Gasteiger partial charge in [-0.2, -0.15) is 0 Å². The number of hydrogen-bond acceptors (Lipinski definition) is 4. The first-order valence-corrected chi connectivity index (χ1v) is 7.64. The van der Waals surface area contributed by atoms with Crippen LogP contribution in [0.5, 0.6) is 11.5 Å². The molecule has 19 heavy (non-hydrogen) atoms. The summed E-state index contributed by atoms with van der Waals surface area (Å²) in [5.74, 6) is 0.523. The standard InChI is InChI=1S/C13H13BrClNO2S/c1-18-12-4-10(15)2-8(13(12)17)5-16-6-11-3-9(14)7-19-11/h2-4,7,16-17H,5-6H2,1H3. The first-order chi connectivity index (χ1) is 9.10. The van der Waals surface area contributed by atoms with Crippen molar-refractivity contribution >= 4 is 38.9 Å². The molecule has 0 saturated heterocycles. The zero-order chi connectivity index (χ0) is 13.8.